The number of esters is 1. The molecule has 4 rings (SSSR count). The average molecular weight is 609 g/mol. The molecule has 0 radical (unpaired) electrons. The van der Waals surface area contributed by atoms with Gasteiger partial charge in [0.25, 0.3) is 0 Å². The molecule has 13 heteroatoms. The first-order chi connectivity index (χ1) is 19.5. The Hall–Kier alpha value is -3.29. The molecule has 8 nitrogen and oxygen atoms in total. The quantitative estimate of drug-likeness (QED) is 0.239. The van der Waals surface area contributed by atoms with Crippen LogP contribution in [0.2, 0.25) is 0 Å². The van der Waals surface area contributed by atoms with Crippen LogP contribution in [0.4, 0.5) is 18.0 Å². The molecule has 0 N–H and O–H groups in total. The van der Waals surface area contributed by atoms with E-state index >= 15 is 0 Å². The van der Waals surface area contributed by atoms with E-state index in [9.17, 15) is 27.9 Å². The molecule has 0 atom stereocenters. The minimum Gasteiger partial charge on any atom is -0.530 e. The van der Waals surface area contributed by atoms with E-state index in [-0.39, 0.29) is 13.2 Å². The number of carbonyl (C=O) groups is 2. The molecule has 1 aliphatic heterocycles. The Morgan fingerprint density at radius 3 is 2.41 bits per heavy atom. The first-order valence-corrected chi connectivity index (χ1v) is 14.7. The Balaban J connectivity index is 1.49. The third-order valence-electron chi connectivity index (χ3n) is 6.41. The van der Waals surface area contributed by atoms with Gasteiger partial charge in [-0.15, -0.1) is 23.1 Å². The zero-order valence-electron chi connectivity index (χ0n) is 22.5. The molecule has 1 fully saturated rings. The van der Waals surface area contributed by atoms with E-state index in [1.165, 1.54) is 28.4 Å². The van der Waals surface area contributed by atoms with Gasteiger partial charge < -0.3 is 24.3 Å². The van der Waals surface area contributed by atoms with Crippen molar-refractivity contribution >= 4 is 35.2 Å². The summed E-state index contributed by atoms with van der Waals surface area (Å²) in [4.78, 5) is 32.9. The Labute approximate surface area is 244 Å². The van der Waals surface area contributed by atoms with Crippen LogP contribution in [0, 0.1) is 6.92 Å². The van der Waals surface area contributed by atoms with Crippen LogP contribution < -0.4 is 9.84 Å². The van der Waals surface area contributed by atoms with E-state index in [0.717, 1.165) is 33.2 Å². The molecule has 1 aliphatic rings. The summed E-state index contributed by atoms with van der Waals surface area (Å²) in [5, 5.41) is 11.8. The summed E-state index contributed by atoms with van der Waals surface area (Å²) < 4.78 is 49.6. The van der Waals surface area contributed by atoms with Crippen LogP contribution in [-0.2, 0) is 28.0 Å². The maximum absolute atomic E-state index is 13.1. The maximum atomic E-state index is 13.1. The van der Waals surface area contributed by atoms with E-state index in [4.69, 9.17) is 14.5 Å². The summed E-state index contributed by atoms with van der Waals surface area (Å²) >= 11 is 3.02. The fourth-order valence-corrected chi connectivity index (χ4v) is 6.38. The van der Waals surface area contributed by atoms with E-state index in [2.05, 4.69) is 4.90 Å². The molecular weight excluding hydrogens is 579 g/mol. The highest BCUT2D eigenvalue weighted by Crippen LogP contribution is 2.36. The van der Waals surface area contributed by atoms with Gasteiger partial charge in [0.2, 0.25) is 0 Å². The number of aromatic nitrogens is 1. The third kappa shape index (κ3) is 8.37. The number of alkyl halides is 3. The number of carbonyl (C=O) groups excluding carboxylic acids is 2. The van der Waals surface area contributed by atoms with E-state index in [1.54, 1.807) is 24.8 Å². The molecule has 0 unspecified atom stereocenters. The molecule has 0 bridgehead atoms. The third-order valence-corrected chi connectivity index (χ3v) is 8.76. The molecule has 0 saturated carbocycles. The molecule has 2 heterocycles. The lowest BCUT2D eigenvalue weighted by Gasteiger charge is -2.35. The minimum absolute atomic E-state index is 0.171. The Morgan fingerprint density at radius 2 is 1.80 bits per heavy atom. The number of aryl methyl sites for hydroxylation is 1. The first kappa shape index (κ1) is 30.7. The van der Waals surface area contributed by atoms with Gasteiger partial charge in [-0.05, 0) is 49.7 Å². The second-order valence-electron chi connectivity index (χ2n) is 9.30. The van der Waals surface area contributed by atoms with Gasteiger partial charge in [-0.3, -0.25) is 4.90 Å². The Bertz CT molecular complexity index is 1360. The monoisotopic (exact) mass is 608 g/mol. The average Bonchev–Trinajstić information content (AvgIpc) is 3.34. The smallest absolute Gasteiger partial charge is 0.416 e. The van der Waals surface area contributed by atoms with Crippen LogP contribution in [0.5, 0.6) is 5.75 Å². The number of carboxylic acid groups (broad SMARTS) is 1. The molecule has 1 saturated heterocycles. The summed E-state index contributed by atoms with van der Waals surface area (Å²) in [6, 6.07) is 10.6. The predicted molar refractivity (Wildman–Crippen MR) is 148 cm³/mol. The van der Waals surface area contributed by atoms with Crippen LogP contribution in [0.3, 0.4) is 0 Å². The van der Waals surface area contributed by atoms with Crippen molar-refractivity contribution in [3.05, 3.63) is 64.2 Å². The number of nitrogens with zero attached hydrogens (tertiary/aromatic N) is 3. The number of thioether (sulfide) groups is 1. The standard InChI is InChI=1S/C28H30F3N3O5S2/c1-3-38-25(35)16-39-23-9-8-21(14-18(23)2)40-17-24-22(15-33-10-12-34(13-11-33)27(36)37)32-26(41-24)19-4-6-20(7-5-19)28(29,30)31/h4-9,14H,3,10-13,15-17H2,1-2H3,(H,36,37)/p-1. The fraction of sp³-hybridized carbons (Fsp3) is 0.393. The van der Waals surface area contributed by atoms with Crippen molar-refractivity contribution in [3.8, 4) is 16.3 Å². The second-order valence-corrected chi connectivity index (χ2v) is 11.4. The fourth-order valence-electron chi connectivity index (χ4n) is 4.21. The lowest BCUT2D eigenvalue weighted by molar-refractivity contribution is -0.266. The van der Waals surface area contributed by atoms with Gasteiger partial charge in [0.1, 0.15) is 16.9 Å². The lowest BCUT2D eigenvalue weighted by Crippen LogP contribution is -2.52. The van der Waals surface area contributed by atoms with Crippen LogP contribution in [0.25, 0.3) is 10.6 Å². The number of benzene rings is 2. The van der Waals surface area contributed by atoms with Gasteiger partial charge in [0, 0.05) is 53.8 Å². The number of rotatable bonds is 10. The Morgan fingerprint density at radius 1 is 1.10 bits per heavy atom. The van der Waals surface area contributed by atoms with E-state index in [1.807, 2.05) is 19.1 Å². The highest BCUT2D eigenvalue weighted by molar-refractivity contribution is 7.98. The second kappa shape index (κ2) is 13.6. The summed E-state index contributed by atoms with van der Waals surface area (Å²) in [5.74, 6) is 0.726. The van der Waals surface area contributed by atoms with Gasteiger partial charge in [0.05, 0.1) is 17.9 Å². The van der Waals surface area contributed by atoms with Crippen LogP contribution >= 0.6 is 23.1 Å². The highest BCUT2D eigenvalue weighted by atomic mass is 32.2. The SMILES string of the molecule is CCOC(=O)COc1ccc(SCc2sc(-c3ccc(C(F)(F)F)cc3)nc2CN2CCN(C(=O)[O-])CC2)cc1C. The van der Waals surface area contributed by atoms with Gasteiger partial charge in [-0.25, -0.2) is 9.78 Å². The van der Waals surface area contributed by atoms with Gasteiger partial charge >= 0.3 is 12.1 Å². The predicted octanol–water partition coefficient (Wildman–Crippen LogP) is 4.83. The highest BCUT2D eigenvalue weighted by Gasteiger charge is 2.30. The van der Waals surface area contributed by atoms with Crippen molar-refractivity contribution in [3.63, 3.8) is 0 Å². The van der Waals surface area contributed by atoms with Crippen molar-refractivity contribution in [1.82, 2.24) is 14.8 Å². The van der Waals surface area contributed by atoms with Gasteiger partial charge in [0.15, 0.2) is 6.61 Å². The minimum atomic E-state index is -4.42. The van der Waals surface area contributed by atoms with Crippen LogP contribution in [-0.4, -0.2) is 66.2 Å². The zero-order valence-corrected chi connectivity index (χ0v) is 24.2. The van der Waals surface area contributed by atoms with E-state index in [0.29, 0.717) is 54.8 Å². The van der Waals surface area contributed by atoms with Crippen LogP contribution in [0.1, 0.15) is 28.6 Å². The molecule has 1 amide bonds. The van der Waals surface area contributed by atoms with Crippen molar-refractivity contribution in [2.45, 2.75) is 37.2 Å². The van der Waals surface area contributed by atoms with E-state index < -0.39 is 23.8 Å². The van der Waals surface area contributed by atoms with Crippen molar-refractivity contribution in [2.24, 2.45) is 0 Å². The molecule has 1 aromatic heterocycles. The number of piperazine rings is 1. The molecular formula is C28H29F3N3O5S2-. The molecule has 0 aliphatic carbocycles. The maximum Gasteiger partial charge on any atom is 0.416 e. The number of halogens is 3. The summed E-state index contributed by atoms with van der Waals surface area (Å²) in [5.41, 5.74) is 1.55. The molecule has 41 heavy (non-hydrogen) atoms. The number of hydrogen-bond donors (Lipinski definition) is 0. The number of thiazole rings is 1. The number of hydrogen-bond acceptors (Lipinski definition) is 9. The summed E-state index contributed by atoms with van der Waals surface area (Å²) in [7, 11) is 0. The largest absolute Gasteiger partial charge is 0.530 e. The number of ether oxygens (including phenoxy) is 2. The number of amides is 1. The normalized spacial score (nSPS) is 14.2. The van der Waals surface area contributed by atoms with Crippen LogP contribution in [0.15, 0.2) is 47.4 Å². The van der Waals surface area contributed by atoms with Gasteiger partial charge in [-0.1, -0.05) is 12.1 Å². The lowest BCUT2D eigenvalue weighted by atomic mass is 10.1. The topological polar surface area (TPSA) is 95.0 Å². The van der Waals surface area contributed by atoms with Crippen molar-refractivity contribution < 1.29 is 37.3 Å². The van der Waals surface area contributed by atoms with Gasteiger partial charge in [-0.2, -0.15) is 13.2 Å². The Kier molecular flexibility index (Phi) is 10.2. The molecule has 220 valence electrons. The van der Waals surface area contributed by atoms with Crippen molar-refractivity contribution in [2.75, 3.05) is 39.4 Å². The first-order valence-electron chi connectivity index (χ1n) is 12.9. The summed E-state index contributed by atoms with van der Waals surface area (Å²) in [6.07, 6.45) is -5.60. The zero-order chi connectivity index (χ0) is 29.6. The van der Waals surface area contributed by atoms with Crippen molar-refractivity contribution in [1.29, 1.82) is 0 Å². The summed E-state index contributed by atoms with van der Waals surface area (Å²) in [6.45, 7) is 5.96. The molecule has 3 aromatic rings. The molecule has 2 aromatic carbocycles. The molecule has 0 spiro atoms.